The summed E-state index contributed by atoms with van der Waals surface area (Å²) in [6.07, 6.45) is 4.90. The van der Waals surface area contributed by atoms with Gasteiger partial charge >= 0.3 is 11.9 Å². The van der Waals surface area contributed by atoms with E-state index >= 15 is 0 Å². The lowest BCUT2D eigenvalue weighted by Gasteiger charge is -2.33. The number of aliphatic hydroxyl groups is 1. The van der Waals surface area contributed by atoms with Gasteiger partial charge in [0.1, 0.15) is 0 Å². The molecule has 1 aliphatic rings. The average molecular weight is 882 g/mol. The molecule has 1 aromatic heterocycles. The van der Waals surface area contributed by atoms with Gasteiger partial charge in [-0.25, -0.2) is 4.98 Å². The number of benzene rings is 1. The standard InChI is InChI=1S/C45H71N9O9/c1-7-32(4)43(50-44(62)33(5)21-38-25-46-30-49-38)39(56)22-37(20-31(2)3)45(63)48-24-36-10-8-35(9-11-36)23-47-40(57)27-52-14-12-51(26-34(6)55)13-16-53(28-41(58)59)18-19-54(17-15-52)29-42(60)61/h8-11,25,30-33,37,43,55H,6-7,12-24,26-29H2,1-5H3,(H,46,49)(H,47,57)(H,48,63)(H,50,62)(H,58,59)(H,60,61)/t32?,33-,37+,43-/m0/s1. The number of aliphatic hydroxyl groups excluding tert-OH is 1. The highest BCUT2D eigenvalue weighted by molar-refractivity contribution is 5.93. The minimum atomic E-state index is -0.999. The van der Waals surface area contributed by atoms with E-state index in [2.05, 4.69) is 32.5 Å². The first-order valence-corrected chi connectivity index (χ1v) is 22.0. The van der Waals surface area contributed by atoms with Gasteiger partial charge in [0.25, 0.3) is 0 Å². The first-order chi connectivity index (χ1) is 29.9. The van der Waals surface area contributed by atoms with E-state index < -0.39 is 23.9 Å². The summed E-state index contributed by atoms with van der Waals surface area (Å²) in [5.74, 6) is -3.75. The van der Waals surface area contributed by atoms with Gasteiger partial charge in [-0.2, -0.15) is 0 Å². The van der Waals surface area contributed by atoms with Crippen LogP contribution in [0.3, 0.4) is 0 Å². The topological polar surface area (TPSA) is 241 Å². The van der Waals surface area contributed by atoms with Gasteiger partial charge in [0, 0.05) is 102 Å². The first kappa shape index (κ1) is 52.2. The summed E-state index contributed by atoms with van der Waals surface area (Å²) in [5, 5.41) is 37.8. The van der Waals surface area contributed by atoms with Crippen LogP contribution in [-0.2, 0) is 48.3 Å². The molecule has 0 aliphatic carbocycles. The summed E-state index contributed by atoms with van der Waals surface area (Å²) < 4.78 is 0. The second kappa shape index (κ2) is 27.1. The normalized spacial score (nSPS) is 17.0. The Hall–Kier alpha value is -5.17. The lowest BCUT2D eigenvalue weighted by atomic mass is 9.86. The maximum atomic E-state index is 13.8. The number of aliphatic carboxylic acids is 2. The number of aromatic nitrogens is 2. The molecule has 0 radical (unpaired) electrons. The largest absolute Gasteiger partial charge is 0.512 e. The van der Waals surface area contributed by atoms with Crippen LogP contribution in [0.1, 0.15) is 70.7 Å². The number of amides is 3. The quantitative estimate of drug-likeness (QED) is 0.0749. The third-order valence-corrected chi connectivity index (χ3v) is 11.4. The van der Waals surface area contributed by atoms with Crippen molar-refractivity contribution in [2.45, 2.75) is 79.4 Å². The molecule has 2 aromatic rings. The molecule has 0 saturated carbocycles. The van der Waals surface area contributed by atoms with Crippen molar-refractivity contribution < 1.29 is 44.1 Å². The fourth-order valence-corrected chi connectivity index (χ4v) is 7.53. The van der Waals surface area contributed by atoms with Crippen molar-refractivity contribution in [3.05, 3.63) is 65.9 Å². The third-order valence-electron chi connectivity index (χ3n) is 11.4. The lowest BCUT2D eigenvalue weighted by molar-refractivity contribution is -0.140. The molecule has 3 amide bonds. The smallest absolute Gasteiger partial charge is 0.317 e. The molecule has 1 aromatic carbocycles. The van der Waals surface area contributed by atoms with Gasteiger partial charge in [-0.05, 0) is 29.4 Å². The second-order valence-corrected chi connectivity index (χ2v) is 17.3. The first-order valence-electron chi connectivity index (χ1n) is 22.0. The van der Waals surface area contributed by atoms with Gasteiger partial charge in [0.05, 0.1) is 44.3 Å². The van der Waals surface area contributed by atoms with E-state index in [4.69, 9.17) is 0 Å². The van der Waals surface area contributed by atoms with Crippen molar-refractivity contribution in [3.63, 3.8) is 0 Å². The zero-order valence-electron chi connectivity index (χ0n) is 37.8. The number of carbonyl (C=O) groups is 6. The van der Waals surface area contributed by atoms with Crippen molar-refractivity contribution in [1.82, 2.24) is 45.5 Å². The number of ketones is 1. The number of imidazole rings is 1. The SMILES string of the molecule is C=C(O)CN1CCN(CC(=O)O)CCN(CC(=O)O)CCN(CC(=O)NCc2ccc(CNC(=O)[C@@H](CC(=O)[C@@H](NC(=O)[C@@H](C)Cc3cnc[nH]3)C(C)CC)CC(C)C)cc2)CC1. The van der Waals surface area contributed by atoms with E-state index in [-0.39, 0.29) is 92.7 Å². The van der Waals surface area contributed by atoms with Gasteiger partial charge in [-0.15, -0.1) is 0 Å². The average Bonchev–Trinajstić information content (AvgIpc) is 3.74. The number of rotatable bonds is 24. The van der Waals surface area contributed by atoms with Crippen molar-refractivity contribution in [1.29, 1.82) is 0 Å². The van der Waals surface area contributed by atoms with E-state index in [0.717, 1.165) is 16.8 Å². The van der Waals surface area contributed by atoms with Crippen LogP contribution < -0.4 is 16.0 Å². The van der Waals surface area contributed by atoms with Crippen molar-refractivity contribution in [3.8, 4) is 0 Å². The molecular formula is C45H71N9O9. The summed E-state index contributed by atoms with van der Waals surface area (Å²) in [6.45, 7) is 16.8. The molecule has 0 spiro atoms. The fraction of sp³-hybridized carbons (Fsp3) is 0.622. The number of Topliss-reactive ketones (excluding diaryl/α,β-unsaturated/α-hetero) is 1. The Morgan fingerprint density at radius 3 is 1.67 bits per heavy atom. The van der Waals surface area contributed by atoms with Gasteiger partial charge in [-0.3, -0.25) is 48.4 Å². The van der Waals surface area contributed by atoms with Crippen LogP contribution in [0.25, 0.3) is 0 Å². The highest BCUT2D eigenvalue weighted by atomic mass is 16.4. The van der Waals surface area contributed by atoms with Gasteiger partial charge in [-0.1, -0.05) is 71.9 Å². The van der Waals surface area contributed by atoms with Crippen LogP contribution >= 0.6 is 0 Å². The number of hydrogen-bond donors (Lipinski definition) is 7. The van der Waals surface area contributed by atoms with Crippen LogP contribution in [-0.4, -0.2) is 165 Å². The van der Waals surface area contributed by atoms with Crippen LogP contribution in [0.5, 0.6) is 0 Å². The summed E-state index contributed by atoms with van der Waals surface area (Å²) in [6, 6.07) is 6.78. The number of carboxylic acid groups (broad SMARTS) is 2. The molecule has 350 valence electrons. The number of nitrogens with one attached hydrogen (secondary N) is 4. The van der Waals surface area contributed by atoms with Crippen LogP contribution in [0, 0.1) is 23.7 Å². The lowest BCUT2D eigenvalue weighted by Crippen LogP contribution is -2.49. The second-order valence-electron chi connectivity index (χ2n) is 17.3. The molecule has 7 N–H and O–H groups in total. The van der Waals surface area contributed by atoms with Crippen molar-refractivity contribution in [2.24, 2.45) is 23.7 Å². The molecular weight excluding hydrogens is 811 g/mol. The molecule has 63 heavy (non-hydrogen) atoms. The maximum absolute atomic E-state index is 13.8. The monoisotopic (exact) mass is 882 g/mol. The minimum absolute atomic E-state index is 0.00882. The fourth-order valence-electron chi connectivity index (χ4n) is 7.53. The Morgan fingerprint density at radius 2 is 1.22 bits per heavy atom. The highest BCUT2D eigenvalue weighted by Gasteiger charge is 2.32. The Morgan fingerprint density at radius 1 is 0.730 bits per heavy atom. The predicted octanol–water partition coefficient (Wildman–Crippen LogP) is 2.14. The van der Waals surface area contributed by atoms with E-state index in [1.807, 2.05) is 68.7 Å². The zero-order valence-corrected chi connectivity index (χ0v) is 37.8. The van der Waals surface area contributed by atoms with Crippen molar-refractivity contribution in [2.75, 3.05) is 78.5 Å². The Labute approximate surface area is 371 Å². The van der Waals surface area contributed by atoms with E-state index in [9.17, 15) is 44.1 Å². The number of carbonyl (C=O) groups excluding carboxylic acids is 4. The molecule has 1 fully saturated rings. The Kier molecular flexibility index (Phi) is 22.5. The van der Waals surface area contributed by atoms with Gasteiger partial charge in [0.15, 0.2) is 5.78 Å². The molecule has 18 heteroatoms. The molecule has 1 saturated heterocycles. The number of carboxylic acids is 2. The highest BCUT2D eigenvalue weighted by Crippen LogP contribution is 2.21. The zero-order chi connectivity index (χ0) is 46.5. The van der Waals surface area contributed by atoms with Gasteiger partial charge in [0.2, 0.25) is 17.7 Å². The summed E-state index contributed by atoms with van der Waals surface area (Å²) in [5.41, 5.74) is 2.52. The third kappa shape index (κ3) is 20.3. The predicted molar refractivity (Wildman–Crippen MR) is 238 cm³/mol. The Bertz CT molecular complexity index is 1740. The van der Waals surface area contributed by atoms with Crippen LogP contribution in [0.15, 0.2) is 49.1 Å². The van der Waals surface area contributed by atoms with E-state index in [1.165, 1.54) is 0 Å². The molecule has 4 atom stereocenters. The number of H-pyrrole nitrogens is 1. The minimum Gasteiger partial charge on any atom is -0.512 e. The molecule has 1 unspecified atom stereocenters. The molecule has 2 heterocycles. The van der Waals surface area contributed by atoms with E-state index in [0.29, 0.717) is 71.6 Å². The molecule has 3 rings (SSSR count). The molecule has 1 aliphatic heterocycles. The Balaban J connectivity index is 1.57. The molecule has 0 bridgehead atoms. The van der Waals surface area contributed by atoms with Crippen molar-refractivity contribution >= 4 is 35.4 Å². The summed E-state index contributed by atoms with van der Waals surface area (Å²) in [7, 11) is 0. The molecule has 18 nitrogen and oxygen atoms in total. The summed E-state index contributed by atoms with van der Waals surface area (Å²) >= 11 is 0. The van der Waals surface area contributed by atoms with Crippen LogP contribution in [0.2, 0.25) is 0 Å². The van der Waals surface area contributed by atoms with Crippen LogP contribution in [0.4, 0.5) is 0 Å². The maximum Gasteiger partial charge on any atom is 0.317 e. The van der Waals surface area contributed by atoms with Gasteiger partial charge < -0.3 is 36.3 Å². The summed E-state index contributed by atoms with van der Waals surface area (Å²) in [4.78, 5) is 91.2. The number of nitrogens with zero attached hydrogens (tertiary/aromatic N) is 5. The van der Waals surface area contributed by atoms with E-state index in [1.54, 1.807) is 22.3 Å². The number of hydrogen-bond acceptors (Lipinski definition) is 12. The number of aromatic amines is 1.